The predicted octanol–water partition coefficient (Wildman–Crippen LogP) is 6.87. The van der Waals surface area contributed by atoms with Gasteiger partial charge in [-0.3, -0.25) is 0 Å². The molecule has 1 atom stereocenters. The molecule has 1 N–H and O–H groups in total. The molecule has 1 unspecified atom stereocenters. The van der Waals surface area contributed by atoms with E-state index in [4.69, 9.17) is 19.4 Å². The van der Waals surface area contributed by atoms with Crippen molar-refractivity contribution < 1.29 is 24.2 Å². The van der Waals surface area contributed by atoms with Crippen molar-refractivity contribution in [2.24, 2.45) is 5.92 Å². The molecule has 0 saturated heterocycles. The average molecular weight is 534 g/mol. The van der Waals surface area contributed by atoms with Crippen LogP contribution in [0.5, 0.6) is 5.75 Å². The molecule has 0 amide bonds. The summed E-state index contributed by atoms with van der Waals surface area (Å²) in [6, 6.07) is 16.9. The molecule has 0 radical (unpaired) electrons. The Labute approximate surface area is 233 Å². The normalized spacial score (nSPS) is 13.2. The van der Waals surface area contributed by atoms with Gasteiger partial charge in [-0.25, -0.2) is 4.79 Å². The van der Waals surface area contributed by atoms with Crippen molar-refractivity contribution in [3.05, 3.63) is 81.9 Å². The Kier molecular flexibility index (Phi) is 13.1. The number of aryl methyl sites for hydroxylation is 4. The van der Waals surface area contributed by atoms with Gasteiger partial charge in [0.1, 0.15) is 19.3 Å². The van der Waals surface area contributed by atoms with Gasteiger partial charge in [-0.2, -0.15) is 0 Å². The van der Waals surface area contributed by atoms with E-state index in [0.717, 1.165) is 17.7 Å². The highest BCUT2D eigenvalue weighted by Gasteiger charge is 2.32. The van der Waals surface area contributed by atoms with E-state index in [9.17, 15) is 4.79 Å². The van der Waals surface area contributed by atoms with Gasteiger partial charge in [0.15, 0.2) is 6.61 Å². The van der Waals surface area contributed by atoms with Gasteiger partial charge in [0.05, 0.1) is 0 Å². The fourth-order valence-electron chi connectivity index (χ4n) is 5.04. The van der Waals surface area contributed by atoms with Crippen molar-refractivity contribution in [2.75, 3.05) is 25.1 Å². The van der Waals surface area contributed by atoms with Crippen molar-refractivity contribution in [1.82, 2.24) is 0 Å². The number of carbonyl (C=O) groups excluding carboxylic acids is 2. The topological polar surface area (TPSA) is 83.9 Å². The van der Waals surface area contributed by atoms with Crippen LogP contribution in [0.2, 0.25) is 0 Å². The minimum Gasteiger partial charge on any atom is -0.482 e. The number of fused-ring (bicyclic) bond motifs is 1. The summed E-state index contributed by atoms with van der Waals surface area (Å²) in [6.07, 6.45) is 0. The molecule has 3 aromatic rings. The SMILES string of the molecule is C=O.C=O.Cc1ccc(-c2cc(C)c3c(c2C)C(C(C)C)CN3C)cc1.Cc1ccc(OCC(=O)O)c(C)c1. The summed E-state index contributed by atoms with van der Waals surface area (Å²) in [5, 5.41) is 8.40. The van der Waals surface area contributed by atoms with Crippen LogP contribution in [0.3, 0.4) is 0 Å². The maximum Gasteiger partial charge on any atom is 0.341 e. The smallest absolute Gasteiger partial charge is 0.341 e. The van der Waals surface area contributed by atoms with Crippen LogP contribution >= 0.6 is 0 Å². The zero-order valence-electron chi connectivity index (χ0n) is 24.6. The largest absolute Gasteiger partial charge is 0.482 e. The van der Waals surface area contributed by atoms with Gasteiger partial charge in [0.2, 0.25) is 0 Å². The zero-order valence-corrected chi connectivity index (χ0v) is 24.6. The molecule has 39 heavy (non-hydrogen) atoms. The van der Waals surface area contributed by atoms with Gasteiger partial charge in [0, 0.05) is 25.2 Å². The van der Waals surface area contributed by atoms with Crippen LogP contribution in [0.4, 0.5) is 5.69 Å². The summed E-state index contributed by atoms with van der Waals surface area (Å²) in [5.74, 6) is 0.993. The van der Waals surface area contributed by atoms with Crippen LogP contribution in [0, 0.1) is 40.5 Å². The molecule has 3 aromatic carbocycles. The zero-order chi connectivity index (χ0) is 29.9. The van der Waals surface area contributed by atoms with Crippen LogP contribution in [0.15, 0.2) is 48.5 Å². The van der Waals surface area contributed by atoms with E-state index >= 15 is 0 Å². The highest BCUT2D eigenvalue weighted by Crippen LogP contribution is 2.46. The molecule has 1 aliphatic rings. The number of benzene rings is 3. The number of anilines is 1. The lowest BCUT2D eigenvalue weighted by molar-refractivity contribution is -0.139. The summed E-state index contributed by atoms with van der Waals surface area (Å²) < 4.78 is 5.05. The summed E-state index contributed by atoms with van der Waals surface area (Å²) in [7, 11) is 2.24. The van der Waals surface area contributed by atoms with Gasteiger partial charge in [-0.05, 0) is 86.1 Å². The maximum atomic E-state index is 10.2. The lowest BCUT2D eigenvalue weighted by atomic mass is 9.83. The van der Waals surface area contributed by atoms with E-state index in [0.29, 0.717) is 17.6 Å². The van der Waals surface area contributed by atoms with Crippen LogP contribution in [-0.4, -0.2) is 44.9 Å². The highest BCUT2D eigenvalue weighted by atomic mass is 16.5. The minimum absolute atomic E-state index is 0.288. The van der Waals surface area contributed by atoms with Gasteiger partial charge in [0.25, 0.3) is 0 Å². The number of carboxylic acid groups (broad SMARTS) is 1. The fourth-order valence-corrected chi connectivity index (χ4v) is 5.04. The second-order valence-corrected chi connectivity index (χ2v) is 10.2. The molecule has 0 aliphatic carbocycles. The number of likely N-dealkylation sites (N-methyl/N-ethyl adjacent to an activating group) is 1. The van der Waals surface area contributed by atoms with E-state index in [1.54, 1.807) is 11.6 Å². The van der Waals surface area contributed by atoms with Gasteiger partial charge in [-0.15, -0.1) is 0 Å². The number of hydrogen-bond donors (Lipinski definition) is 1. The molecule has 0 saturated carbocycles. The molecular formula is C33H43NO5. The molecule has 210 valence electrons. The molecular weight excluding hydrogens is 490 g/mol. The maximum absolute atomic E-state index is 10.2. The molecule has 0 bridgehead atoms. The Bertz CT molecular complexity index is 1230. The Morgan fingerprint density at radius 3 is 2.00 bits per heavy atom. The first kappa shape index (κ1) is 33.1. The van der Waals surface area contributed by atoms with Crippen molar-refractivity contribution >= 4 is 25.2 Å². The van der Waals surface area contributed by atoms with Crippen LogP contribution in [0.25, 0.3) is 11.1 Å². The third-order valence-corrected chi connectivity index (χ3v) is 6.87. The number of nitrogens with zero attached hydrogens (tertiary/aromatic N) is 1. The van der Waals surface area contributed by atoms with Gasteiger partial charge >= 0.3 is 5.97 Å². The summed E-state index contributed by atoms with van der Waals surface area (Å²) in [5.41, 5.74) is 12.1. The van der Waals surface area contributed by atoms with E-state index in [-0.39, 0.29) is 6.61 Å². The first-order valence-corrected chi connectivity index (χ1v) is 12.9. The van der Waals surface area contributed by atoms with Crippen LogP contribution in [0.1, 0.15) is 53.1 Å². The second kappa shape index (κ2) is 15.5. The third-order valence-electron chi connectivity index (χ3n) is 6.87. The summed E-state index contributed by atoms with van der Waals surface area (Å²) >= 11 is 0. The lowest BCUT2D eigenvalue weighted by Crippen LogP contribution is -2.18. The van der Waals surface area contributed by atoms with Crippen molar-refractivity contribution in [3.63, 3.8) is 0 Å². The highest BCUT2D eigenvalue weighted by molar-refractivity contribution is 5.78. The molecule has 1 aliphatic heterocycles. The van der Waals surface area contributed by atoms with Crippen molar-refractivity contribution in [2.45, 2.75) is 54.4 Å². The molecule has 4 rings (SSSR count). The number of hydrogen-bond acceptors (Lipinski definition) is 5. The van der Waals surface area contributed by atoms with E-state index in [1.165, 1.54) is 33.5 Å². The predicted molar refractivity (Wildman–Crippen MR) is 160 cm³/mol. The Hall–Kier alpha value is -3.93. The lowest BCUT2D eigenvalue weighted by Gasteiger charge is -2.20. The molecule has 0 spiro atoms. The number of carbonyl (C=O) groups is 3. The third kappa shape index (κ3) is 8.54. The molecule has 6 nitrogen and oxygen atoms in total. The molecule has 0 fully saturated rings. The quantitative estimate of drug-likeness (QED) is 0.385. The summed E-state index contributed by atoms with van der Waals surface area (Å²) in [4.78, 5) is 28.7. The first-order chi connectivity index (χ1) is 18.5. The van der Waals surface area contributed by atoms with Gasteiger partial charge < -0.3 is 24.3 Å². The first-order valence-electron chi connectivity index (χ1n) is 12.9. The molecule has 1 heterocycles. The Morgan fingerprint density at radius 1 is 0.923 bits per heavy atom. The van der Waals surface area contributed by atoms with Crippen LogP contribution in [-0.2, 0) is 14.4 Å². The van der Waals surface area contributed by atoms with E-state index in [2.05, 4.69) is 76.9 Å². The average Bonchev–Trinajstić information content (AvgIpc) is 3.27. The van der Waals surface area contributed by atoms with Crippen LogP contribution < -0.4 is 9.64 Å². The summed E-state index contributed by atoms with van der Waals surface area (Å²) in [6.45, 7) is 20.1. The fraction of sp³-hybridized carbons (Fsp3) is 0.364. The Morgan fingerprint density at radius 2 is 1.49 bits per heavy atom. The number of aliphatic carboxylic acids is 1. The van der Waals surface area contributed by atoms with E-state index < -0.39 is 5.97 Å². The number of carboxylic acids is 1. The van der Waals surface area contributed by atoms with Crippen molar-refractivity contribution in [1.29, 1.82) is 0 Å². The number of ether oxygens (including phenoxy) is 1. The van der Waals surface area contributed by atoms with Gasteiger partial charge in [-0.1, -0.05) is 61.4 Å². The second-order valence-electron chi connectivity index (χ2n) is 10.2. The van der Waals surface area contributed by atoms with E-state index in [1.807, 2.05) is 39.6 Å². The standard InChI is InChI=1S/C21H27N.C10H12O3.2CH2O/c1-13(2)19-12-22(6)21-15(4)11-18(16(5)20(19)21)17-9-7-14(3)8-10-17;1-7-3-4-9(8(2)5-7)13-6-10(11)12;2*1-2/h7-11,13,19H,12H2,1-6H3;3-5H,6H2,1-2H3,(H,11,12);2*1H2. The monoisotopic (exact) mass is 533 g/mol. The minimum atomic E-state index is -0.958. The molecule has 0 aromatic heterocycles. The van der Waals surface area contributed by atoms with Crippen molar-refractivity contribution in [3.8, 4) is 16.9 Å². The number of rotatable bonds is 5. The Balaban J connectivity index is 0.000000383. The molecule has 6 heteroatoms.